The van der Waals surface area contributed by atoms with Gasteiger partial charge >= 0.3 is 0 Å². The van der Waals surface area contributed by atoms with Crippen LogP contribution >= 0.6 is 0 Å². The number of nitrogen functional groups attached to an aromatic ring is 1. The van der Waals surface area contributed by atoms with Crippen LogP contribution in [0.3, 0.4) is 0 Å². The van der Waals surface area contributed by atoms with E-state index in [0.717, 1.165) is 50.5 Å². The van der Waals surface area contributed by atoms with Crippen LogP contribution in [0, 0.1) is 19.7 Å². The van der Waals surface area contributed by atoms with E-state index in [-0.39, 0.29) is 12.3 Å². The molecule has 1 atom stereocenters. The van der Waals surface area contributed by atoms with E-state index in [9.17, 15) is 4.79 Å². The molecule has 3 N–H and O–H groups in total. The molecule has 2 aromatic heterocycles. The predicted molar refractivity (Wildman–Crippen MR) is 154 cm³/mol. The van der Waals surface area contributed by atoms with Gasteiger partial charge in [0.1, 0.15) is 24.0 Å². The number of aromatic nitrogens is 3. The van der Waals surface area contributed by atoms with Gasteiger partial charge in [-0.25, -0.2) is 14.4 Å². The Morgan fingerprint density at radius 3 is 2.64 bits per heavy atom. The second-order valence-electron chi connectivity index (χ2n) is 9.67. The fourth-order valence-corrected chi connectivity index (χ4v) is 4.98. The van der Waals surface area contributed by atoms with Crippen molar-refractivity contribution in [2.45, 2.75) is 46.7 Å². The number of nitrogens with zero attached hydrogens (tertiary/aromatic N) is 3. The number of pyridine rings is 1. The van der Waals surface area contributed by atoms with Gasteiger partial charge < -0.3 is 25.1 Å². The normalized spacial score (nSPS) is 12.1. The van der Waals surface area contributed by atoms with Crippen LogP contribution in [0.15, 0.2) is 54.7 Å². The zero-order chi connectivity index (χ0) is 27.7. The molecule has 0 aliphatic rings. The fraction of sp³-hybridized carbons (Fsp3) is 0.258. The molecule has 8 heteroatoms. The molecule has 0 aliphatic carbocycles. The Balaban J connectivity index is 1.76. The van der Waals surface area contributed by atoms with Crippen LogP contribution in [0.25, 0.3) is 21.8 Å². The van der Waals surface area contributed by atoms with Crippen molar-refractivity contribution in [3.05, 3.63) is 88.6 Å². The highest BCUT2D eigenvalue weighted by molar-refractivity contribution is 5.93. The topological polar surface area (TPSA) is 95.1 Å². The monoisotopic (exact) mass is 525 g/mol. The van der Waals surface area contributed by atoms with E-state index >= 15 is 4.39 Å². The number of benzene rings is 3. The number of halogens is 1. The highest BCUT2D eigenvalue weighted by atomic mass is 19.1. The van der Waals surface area contributed by atoms with Gasteiger partial charge in [0.15, 0.2) is 11.6 Å². The van der Waals surface area contributed by atoms with Gasteiger partial charge in [0.05, 0.1) is 24.2 Å². The molecule has 7 nitrogen and oxygen atoms in total. The number of carbonyl (C=O) groups is 1. The Morgan fingerprint density at radius 1 is 1.10 bits per heavy atom. The van der Waals surface area contributed by atoms with Crippen molar-refractivity contribution in [3.8, 4) is 5.75 Å². The van der Waals surface area contributed by atoms with Crippen molar-refractivity contribution in [2.75, 3.05) is 17.7 Å². The first-order valence-electron chi connectivity index (χ1n) is 13.1. The minimum Gasteiger partial charge on any atom is -0.491 e. The van der Waals surface area contributed by atoms with Crippen molar-refractivity contribution in [2.24, 2.45) is 0 Å². The van der Waals surface area contributed by atoms with E-state index in [1.165, 1.54) is 0 Å². The van der Waals surface area contributed by atoms with Crippen LogP contribution in [0.5, 0.6) is 5.75 Å². The van der Waals surface area contributed by atoms with Crippen LogP contribution < -0.4 is 15.8 Å². The Labute approximate surface area is 226 Å². The Kier molecular flexibility index (Phi) is 7.19. The summed E-state index contributed by atoms with van der Waals surface area (Å²) in [6, 6.07) is 14.5. The molecule has 0 amide bonds. The molecular weight excluding hydrogens is 493 g/mol. The van der Waals surface area contributed by atoms with Crippen molar-refractivity contribution in [1.82, 2.24) is 14.5 Å². The third kappa shape index (κ3) is 4.90. The van der Waals surface area contributed by atoms with E-state index in [0.29, 0.717) is 30.2 Å². The highest BCUT2D eigenvalue weighted by Crippen LogP contribution is 2.36. The van der Waals surface area contributed by atoms with E-state index in [1.54, 1.807) is 12.3 Å². The Morgan fingerprint density at radius 2 is 1.90 bits per heavy atom. The second-order valence-corrected chi connectivity index (χ2v) is 9.67. The summed E-state index contributed by atoms with van der Waals surface area (Å²) in [5.41, 5.74) is 11.9. The molecule has 5 aromatic rings. The number of imidazole rings is 1. The number of carbonyl (C=O) groups excluding carboxylic acids is 1. The lowest BCUT2D eigenvalue weighted by Crippen LogP contribution is -2.20. The number of nitrogens with one attached hydrogen (secondary N) is 1. The molecule has 3 aromatic carbocycles. The van der Waals surface area contributed by atoms with Crippen LogP contribution in [-0.4, -0.2) is 27.4 Å². The number of aryl methyl sites for hydroxylation is 3. The van der Waals surface area contributed by atoms with Crippen LogP contribution in [0.2, 0.25) is 0 Å². The van der Waals surface area contributed by atoms with Crippen molar-refractivity contribution in [3.63, 3.8) is 0 Å². The summed E-state index contributed by atoms with van der Waals surface area (Å²) in [4.78, 5) is 21.0. The molecule has 2 heterocycles. The van der Waals surface area contributed by atoms with Gasteiger partial charge in [0.2, 0.25) is 0 Å². The quantitative estimate of drug-likeness (QED) is 0.220. The summed E-state index contributed by atoms with van der Waals surface area (Å²) in [6.45, 7) is 8.32. The molecule has 0 saturated heterocycles. The molecule has 0 aliphatic heterocycles. The highest BCUT2D eigenvalue weighted by Gasteiger charge is 2.27. The van der Waals surface area contributed by atoms with Gasteiger partial charge in [-0.1, -0.05) is 13.0 Å². The molecule has 0 radical (unpaired) electrons. The van der Waals surface area contributed by atoms with Gasteiger partial charge in [-0.05, 0) is 91.7 Å². The van der Waals surface area contributed by atoms with E-state index in [2.05, 4.69) is 10.3 Å². The van der Waals surface area contributed by atoms with Gasteiger partial charge in [-0.2, -0.15) is 0 Å². The summed E-state index contributed by atoms with van der Waals surface area (Å²) in [5, 5.41) is 5.25. The number of ether oxygens (including phenoxy) is 1. The van der Waals surface area contributed by atoms with Crippen molar-refractivity contribution in [1.29, 1.82) is 0 Å². The number of anilines is 2. The van der Waals surface area contributed by atoms with Crippen LogP contribution in [0.1, 0.15) is 48.0 Å². The molecule has 0 fully saturated rings. The Hall–Kier alpha value is -4.46. The minimum atomic E-state index is -0.722. The summed E-state index contributed by atoms with van der Waals surface area (Å²) >= 11 is 0. The lowest BCUT2D eigenvalue weighted by atomic mass is 9.99. The van der Waals surface area contributed by atoms with E-state index in [4.69, 9.17) is 15.5 Å². The number of hydrogen-bond acceptors (Lipinski definition) is 6. The van der Waals surface area contributed by atoms with Gasteiger partial charge in [-0.3, -0.25) is 0 Å². The minimum absolute atomic E-state index is 0.0832. The molecule has 0 bridgehead atoms. The summed E-state index contributed by atoms with van der Waals surface area (Å²) in [5.74, 6) is 0.710. The number of fused-ring (bicyclic) bond motifs is 2. The molecule has 0 saturated carbocycles. The average Bonchev–Trinajstić information content (AvgIpc) is 3.26. The first-order valence-corrected chi connectivity index (χ1v) is 13.1. The third-order valence-corrected chi connectivity index (χ3v) is 7.16. The summed E-state index contributed by atoms with van der Waals surface area (Å²) in [7, 11) is 0. The smallest absolute Gasteiger partial charge is 0.170 e. The second kappa shape index (κ2) is 10.7. The lowest BCUT2D eigenvalue weighted by Gasteiger charge is -2.23. The fourth-order valence-electron chi connectivity index (χ4n) is 4.98. The number of rotatable bonds is 9. The maximum Gasteiger partial charge on any atom is 0.170 e. The molecule has 39 heavy (non-hydrogen) atoms. The number of nitrogens with two attached hydrogens (primary N) is 1. The van der Waals surface area contributed by atoms with Crippen LogP contribution in [0.4, 0.5) is 15.9 Å². The molecule has 200 valence electrons. The lowest BCUT2D eigenvalue weighted by molar-refractivity contribution is -0.108. The average molecular weight is 526 g/mol. The largest absolute Gasteiger partial charge is 0.491 e. The predicted octanol–water partition coefficient (Wildman–Crippen LogP) is 6.28. The first kappa shape index (κ1) is 26.2. The maximum absolute atomic E-state index is 16.1. The first-order chi connectivity index (χ1) is 18.8. The zero-order valence-corrected chi connectivity index (χ0v) is 22.6. The van der Waals surface area contributed by atoms with Crippen molar-refractivity contribution >= 4 is 39.6 Å². The number of hydrogen-bond donors (Lipinski definition) is 2. The van der Waals surface area contributed by atoms with E-state index in [1.807, 2.05) is 74.7 Å². The Bertz CT molecular complexity index is 1690. The molecular formula is C31H32FN5O2. The van der Waals surface area contributed by atoms with E-state index < -0.39 is 11.9 Å². The van der Waals surface area contributed by atoms with Crippen LogP contribution in [-0.2, 0) is 17.8 Å². The standard InChI is InChI=1S/C31H32FN5O2/c1-5-20-15-24(28(32)27(16-20)39-6-2)29(35-22-7-8-23-21(17-22)9-10-34-30(23)33)31-36-25-13-18(3)19(4)14-26(25)37(31)11-12-38/h7-10,12-17,29,35H,5-6,11H2,1-4H3,(H2,33,34). The summed E-state index contributed by atoms with van der Waals surface area (Å²) < 4.78 is 23.7. The summed E-state index contributed by atoms with van der Waals surface area (Å²) in [6.07, 6.45) is 3.20. The third-order valence-electron chi connectivity index (χ3n) is 7.16. The SMILES string of the molecule is CCOc1cc(CC)cc(C(Nc2ccc3c(N)nccc3c2)c2nc3cc(C)c(C)cc3n2CC=O)c1F. The maximum atomic E-state index is 16.1. The molecule has 0 spiro atoms. The number of aldehydes is 1. The van der Waals surface area contributed by atoms with Crippen molar-refractivity contribution < 1.29 is 13.9 Å². The van der Waals surface area contributed by atoms with Gasteiger partial charge in [0, 0.05) is 22.8 Å². The van der Waals surface area contributed by atoms with Gasteiger partial charge in [-0.15, -0.1) is 0 Å². The molecule has 5 rings (SSSR count). The zero-order valence-electron chi connectivity index (χ0n) is 22.6. The molecule has 1 unspecified atom stereocenters. The van der Waals surface area contributed by atoms with Gasteiger partial charge in [0.25, 0.3) is 0 Å².